The van der Waals surface area contributed by atoms with Crippen molar-refractivity contribution in [3.05, 3.63) is 52.8 Å². The third-order valence-electron chi connectivity index (χ3n) is 6.52. The second-order valence-corrected chi connectivity index (χ2v) is 10.2. The van der Waals surface area contributed by atoms with E-state index < -0.39 is 0 Å². The topological polar surface area (TPSA) is 79.7 Å². The minimum absolute atomic E-state index is 0.0253. The van der Waals surface area contributed by atoms with Gasteiger partial charge in [0, 0.05) is 36.9 Å². The van der Waals surface area contributed by atoms with Crippen LogP contribution in [-0.4, -0.2) is 67.2 Å². The van der Waals surface area contributed by atoms with Gasteiger partial charge in [0.1, 0.15) is 18.1 Å². The Hall–Kier alpha value is -3.39. The van der Waals surface area contributed by atoms with Gasteiger partial charge in [-0.15, -0.1) is 0 Å². The fourth-order valence-corrected chi connectivity index (χ4v) is 5.01. The third-order valence-corrected chi connectivity index (χ3v) is 6.52. The fraction of sp³-hybridized carbons (Fsp3) is 0.464. The number of carbonyl (C=O) groups excluding carboxylic acids is 1. The van der Waals surface area contributed by atoms with Gasteiger partial charge in [0.25, 0.3) is 5.56 Å². The van der Waals surface area contributed by atoms with Gasteiger partial charge in [0.15, 0.2) is 0 Å². The maximum Gasteiger partial charge on any atom is 0.262 e. The summed E-state index contributed by atoms with van der Waals surface area (Å²) in [4.78, 5) is 36.0. The van der Waals surface area contributed by atoms with E-state index in [1.165, 1.54) is 11.0 Å². The number of amides is 1. The van der Waals surface area contributed by atoms with Gasteiger partial charge in [0.05, 0.1) is 18.0 Å². The molecule has 3 aromatic rings. The number of ether oxygens (including phenoxy) is 1. The van der Waals surface area contributed by atoms with E-state index in [0.29, 0.717) is 28.4 Å². The quantitative estimate of drug-likeness (QED) is 0.521. The molecule has 8 nitrogen and oxygen atoms in total. The highest BCUT2D eigenvalue weighted by Gasteiger charge is 2.22. The second-order valence-electron chi connectivity index (χ2n) is 10.2. The number of aromatic nitrogens is 2. The summed E-state index contributed by atoms with van der Waals surface area (Å²) in [5.74, 6) is 1.47. The van der Waals surface area contributed by atoms with Gasteiger partial charge in [-0.3, -0.25) is 14.2 Å². The molecule has 1 atom stereocenters. The van der Waals surface area contributed by atoms with Crippen molar-refractivity contribution in [1.82, 2.24) is 19.8 Å². The van der Waals surface area contributed by atoms with Gasteiger partial charge in [-0.2, -0.15) is 0 Å². The summed E-state index contributed by atoms with van der Waals surface area (Å²) in [6, 6.07) is 13.3. The number of piperidine rings is 1. The summed E-state index contributed by atoms with van der Waals surface area (Å²) in [6.07, 6.45) is 2.34. The molecule has 1 aliphatic heterocycles. The molecule has 1 aromatic heterocycles. The molecule has 0 bridgehead atoms. The van der Waals surface area contributed by atoms with Crippen molar-refractivity contribution in [3.8, 4) is 17.1 Å². The number of nitrogens with one attached hydrogen (secondary N) is 1. The zero-order valence-electron chi connectivity index (χ0n) is 22.0. The number of carbonyl (C=O) groups is 1. The molecule has 0 radical (unpaired) electrons. The number of hydrogen-bond acceptors (Lipinski definition) is 6. The summed E-state index contributed by atoms with van der Waals surface area (Å²) in [5.41, 5.74) is 2.14. The maximum atomic E-state index is 13.8. The first-order valence-electron chi connectivity index (χ1n) is 12.6. The Balaban J connectivity index is 1.78. The van der Waals surface area contributed by atoms with Crippen molar-refractivity contribution in [3.63, 3.8) is 0 Å². The van der Waals surface area contributed by atoms with Crippen LogP contribution in [0.4, 0.5) is 5.69 Å². The minimum Gasteiger partial charge on any atom is -0.497 e. The van der Waals surface area contributed by atoms with E-state index in [9.17, 15) is 9.59 Å². The van der Waals surface area contributed by atoms with E-state index in [0.717, 1.165) is 37.3 Å². The molecule has 1 amide bonds. The van der Waals surface area contributed by atoms with Crippen molar-refractivity contribution in [2.24, 2.45) is 5.92 Å². The van der Waals surface area contributed by atoms with Gasteiger partial charge in [-0.25, -0.2) is 4.98 Å². The zero-order chi connectivity index (χ0) is 25.8. The number of hydrogen-bond donors (Lipinski definition) is 1. The van der Waals surface area contributed by atoms with Gasteiger partial charge >= 0.3 is 0 Å². The van der Waals surface area contributed by atoms with Crippen molar-refractivity contribution in [1.29, 1.82) is 0 Å². The van der Waals surface area contributed by atoms with Crippen molar-refractivity contribution in [2.75, 3.05) is 45.7 Å². The van der Waals surface area contributed by atoms with Crippen LogP contribution in [0.2, 0.25) is 0 Å². The minimum atomic E-state index is -0.226. The molecule has 36 heavy (non-hydrogen) atoms. The van der Waals surface area contributed by atoms with Crippen LogP contribution in [0.5, 0.6) is 5.75 Å². The van der Waals surface area contributed by atoms with Gasteiger partial charge in [-0.05, 0) is 77.0 Å². The monoisotopic (exact) mass is 491 g/mol. The third kappa shape index (κ3) is 5.87. The normalized spacial score (nSPS) is 16.1. The molecule has 8 heteroatoms. The summed E-state index contributed by atoms with van der Waals surface area (Å²) in [5, 5.41) is 3.41. The molecular formula is C28H37N5O3. The molecule has 2 heterocycles. The molecule has 0 aliphatic carbocycles. The Morgan fingerprint density at radius 2 is 2.03 bits per heavy atom. The SMILES string of the molecule is COc1cccc(-c2nc3ccc(N4CCCC(CN(C)C)C4)cc3c(=O)n2CC(=O)NC(C)C)c1. The molecule has 2 aromatic carbocycles. The molecular weight excluding hydrogens is 454 g/mol. The predicted molar refractivity (Wildman–Crippen MR) is 145 cm³/mol. The number of methoxy groups -OCH3 is 1. The van der Waals surface area contributed by atoms with E-state index in [4.69, 9.17) is 9.72 Å². The highest BCUT2D eigenvalue weighted by atomic mass is 16.5. The molecule has 1 N–H and O–H groups in total. The Morgan fingerprint density at radius 1 is 1.22 bits per heavy atom. The highest BCUT2D eigenvalue weighted by molar-refractivity contribution is 5.84. The Labute approximate surface area is 212 Å². The van der Waals surface area contributed by atoms with Crippen LogP contribution in [-0.2, 0) is 11.3 Å². The molecule has 0 saturated carbocycles. The zero-order valence-corrected chi connectivity index (χ0v) is 22.0. The van der Waals surface area contributed by atoms with E-state index >= 15 is 0 Å². The van der Waals surface area contributed by atoms with Gasteiger partial charge in [-0.1, -0.05) is 12.1 Å². The van der Waals surface area contributed by atoms with Crippen LogP contribution < -0.4 is 20.5 Å². The largest absolute Gasteiger partial charge is 0.497 e. The van der Waals surface area contributed by atoms with Crippen molar-refractivity contribution in [2.45, 2.75) is 39.3 Å². The van der Waals surface area contributed by atoms with Crippen LogP contribution in [0, 0.1) is 5.92 Å². The maximum absolute atomic E-state index is 13.8. The van der Waals surface area contributed by atoms with E-state index in [1.807, 2.05) is 50.2 Å². The van der Waals surface area contributed by atoms with Gasteiger partial charge in [0.2, 0.25) is 5.91 Å². The first-order valence-corrected chi connectivity index (χ1v) is 12.6. The Bertz CT molecular complexity index is 1280. The van der Waals surface area contributed by atoms with Gasteiger partial charge < -0.3 is 19.9 Å². The molecule has 0 spiro atoms. The molecule has 1 aliphatic rings. The fourth-order valence-electron chi connectivity index (χ4n) is 5.01. The number of anilines is 1. The first-order chi connectivity index (χ1) is 17.2. The number of nitrogens with zero attached hydrogens (tertiary/aromatic N) is 4. The average Bonchev–Trinajstić information content (AvgIpc) is 2.84. The lowest BCUT2D eigenvalue weighted by atomic mass is 9.97. The van der Waals surface area contributed by atoms with Crippen LogP contribution in [0.15, 0.2) is 47.3 Å². The number of fused-ring (bicyclic) bond motifs is 1. The van der Waals surface area contributed by atoms with Crippen molar-refractivity contribution >= 4 is 22.5 Å². The standard InChI is InChI=1S/C28H37N5O3/c1-19(2)29-26(34)18-33-27(21-9-6-10-23(14-21)36-5)30-25-12-11-22(15-24(25)28(33)35)32-13-7-8-20(17-32)16-31(3)4/h6,9-12,14-15,19-20H,7-8,13,16-18H2,1-5H3,(H,29,34). The smallest absolute Gasteiger partial charge is 0.262 e. The summed E-state index contributed by atoms with van der Waals surface area (Å²) < 4.78 is 6.86. The summed E-state index contributed by atoms with van der Waals surface area (Å²) in [6.45, 7) is 6.67. The summed E-state index contributed by atoms with van der Waals surface area (Å²) in [7, 11) is 5.82. The lowest BCUT2D eigenvalue weighted by Gasteiger charge is -2.35. The van der Waals surface area contributed by atoms with E-state index in [1.54, 1.807) is 7.11 Å². The average molecular weight is 492 g/mol. The Kier molecular flexibility index (Phi) is 7.94. The Morgan fingerprint density at radius 3 is 2.75 bits per heavy atom. The number of benzene rings is 2. The molecule has 1 fully saturated rings. The molecule has 1 unspecified atom stereocenters. The highest BCUT2D eigenvalue weighted by Crippen LogP contribution is 2.28. The molecule has 4 rings (SSSR count). The van der Waals surface area contributed by atoms with Crippen molar-refractivity contribution < 1.29 is 9.53 Å². The second kappa shape index (κ2) is 11.1. The lowest BCUT2D eigenvalue weighted by Crippen LogP contribution is -2.39. The van der Waals surface area contributed by atoms with E-state index in [-0.39, 0.29) is 24.1 Å². The molecule has 1 saturated heterocycles. The van der Waals surface area contributed by atoms with Crippen LogP contribution in [0.3, 0.4) is 0 Å². The summed E-state index contributed by atoms with van der Waals surface area (Å²) >= 11 is 0. The van der Waals surface area contributed by atoms with Crippen LogP contribution >= 0.6 is 0 Å². The number of rotatable bonds is 8. The predicted octanol–water partition coefficient (Wildman–Crippen LogP) is 3.37. The van der Waals surface area contributed by atoms with Crippen LogP contribution in [0.1, 0.15) is 26.7 Å². The molecule has 192 valence electrons. The first kappa shape index (κ1) is 25.7. The van der Waals surface area contributed by atoms with E-state index in [2.05, 4.69) is 35.3 Å². The lowest BCUT2D eigenvalue weighted by molar-refractivity contribution is -0.122. The van der Waals surface area contributed by atoms with Crippen LogP contribution in [0.25, 0.3) is 22.3 Å².